The first-order valence-electron chi connectivity index (χ1n) is 12.8. The molecule has 0 unspecified atom stereocenters. The maximum Gasteiger partial charge on any atom is 0.271 e. The van der Waals surface area contributed by atoms with Crippen LogP contribution in [0.2, 0.25) is 5.02 Å². The van der Waals surface area contributed by atoms with Crippen LogP contribution < -0.4 is 15.6 Å². The molecule has 0 atom stereocenters. The Labute approximate surface area is 233 Å². The first-order valence-corrected chi connectivity index (χ1v) is 13.1. The molecular weight excluding hydrogens is 512 g/mol. The van der Waals surface area contributed by atoms with Crippen molar-refractivity contribution in [3.05, 3.63) is 106 Å². The summed E-state index contributed by atoms with van der Waals surface area (Å²) >= 11 is 5.88. The van der Waals surface area contributed by atoms with Crippen molar-refractivity contribution in [1.29, 1.82) is 0 Å². The molecule has 0 aliphatic carbocycles. The van der Waals surface area contributed by atoms with Crippen molar-refractivity contribution in [1.82, 2.24) is 10.7 Å². The van der Waals surface area contributed by atoms with Gasteiger partial charge in [-0.2, -0.15) is 5.10 Å². The molecule has 0 heterocycles. The number of fused-ring (bicyclic) bond motifs is 1. The summed E-state index contributed by atoms with van der Waals surface area (Å²) in [4.78, 5) is 27.4. The number of phenols is 1. The Morgan fingerprint density at radius 2 is 1.74 bits per heavy atom. The van der Waals surface area contributed by atoms with Gasteiger partial charge in [0.15, 0.2) is 0 Å². The van der Waals surface area contributed by atoms with Gasteiger partial charge in [-0.3, -0.25) is 9.59 Å². The fraction of sp³-hybridized carbons (Fsp3) is 0.194. The Kier molecular flexibility index (Phi) is 9.18. The monoisotopic (exact) mass is 542 g/mol. The number of amides is 2. The number of hydrazone groups is 1. The third-order valence-electron chi connectivity index (χ3n) is 6.52. The zero-order valence-corrected chi connectivity index (χ0v) is 22.7. The van der Waals surface area contributed by atoms with Gasteiger partial charge in [-0.15, -0.1) is 0 Å². The van der Waals surface area contributed by atoms with Gasteiger partial charge in [0.1, 0.15) is 5.75 Å². The topological polar surface area (TPSA) is 94.0 Å². The van der Waals surface area contributed by atoms with E-state index in [9.17, 15) is 14.7 Å². The highest BCUT2D eigenvalue weighted by Crippen LogP contribution is 2.24. The maximum atomic E-state index is 12.8. The molecule has 0 saturated heterocycles. The van der Waals surface area contributed by atoms with Gasteiger partial charge in [0.25, 0.3) is 5.91 Å². The highest BCUT2D eigenvalue weighted by molar-refractivity contribution is 6.32. The van der Waals surface area contributed by atoms with E-state index in [1.165, 1.54) is 29.4 Å². The second kappa shape index (κ2) is 12.9. The first-order chi connectivity index (χ1) is 18.9. The molecule has 200 valence electrons. The number of hydrogen-bond donors (Lipinski definition) is 3. The number of aryl methyl sites for hydroxylation is 1. The summed E-state index contributed by atoms with van der Waals surface area (Å²) < 4.78 is 0. The van der Waals surface area contributed by atoms with E-state index in [1.54, 1.807) is 6.21 Å². The van der Waals surface area contributed by atoms with Crippen LogP contribution in [-0.2, 0) is 11.2 Å². The molecule has 4 aromatic rings. The standard InChI is InChI=1S/C31H31ClN4O3/c1-3-36(28-11-7-4-8-21(28)2)17-16-33-30(38)19-22-12-13-24(26-10-6-5-9-25(22)26)20-34-35-31(39)23-14-15-29(37)27(32)18-23/h4-15,18,20,37H,3,16-17,19H2,1-2H3,(H,33,38)(H,35,39)/b34-20+. The normalized spacial score (nSPS) is 11.1. The molecule has 0 bridgehead atoms. The molecule has 0 radical (unpaired) electrons. The minimum absolute atomic E-state index is 0.0396. The zero-order valence-electron chi connectivity index (χ0n) is 21.9. The summed E-state index contributed by atoms with van der Waals surface area (Å²) in [5, 5.41) is 18.6. The molecule has 4 aromatic carbocycles. The molecule has 4 rings (SSSR count). The zero-order chi connectivity index (χ0) is 27.8. The average Bonchev–Trinajstić information content (AvgIpc) is 2.94. The smallest absolute Gasteiger partial charge is 0.271 e. The summed E-state index contributed by atoms with van der Waals surface area (Å²) in [6.07, 6.45) is 1.82. The Morgan fingerprint density at radius 3 is 2.49 bits per heavy atom. The van der Waals surface area contributed by atoms with Crippen LogP contribution >= 0.6 is 11.6 Å². The van der Waals surface area contributed by atoms with Crippen molar-refractivity contribution in [3.8, 4) is 5.75 Å². The number of phenolic OH excluding ortho intramolecular Hbond substituents is 1. The summed E-state index contributed by atoms with van der Waals surface area (Å²) in [6, 6.07) is 24.0. The fourth-order valence-corrected chi connectivity index (χ4v) is 4.64. The van der Waals surface area contributed by atoms with Gasteiger partial charge in [0, 0.05) is 36.4 Å². The van der Waals surface area contributed by atoms with Crippen molar-refractivity contribution < 1.29 is 14.7 Å². The Balaban J connectivity index is 1.39. The van der Waals surface area contributed by atoms with E-state index in [-0.39, 0.29) is 28.7 Å². The second-order valence-electron chi connectivity index (χ2n) is 9.12. The average molecular weight is 543 g/mol. The molecule has 7 nitrogen and oxygen atoms in total. The van der Waals surface area contributed by atoms with Gasteiger partial charge >= 0.3 is 0 Å². The minimum Gasteiger partial charge on any atom is -0.506 e. The SMILES string of the molecule is CCN(CCNC(=O)Cc1ccc(/C=N/NC(=O)c2ccc(O)c(Cl)c2)c2ccccc12)c1ccccc1C. The van der Waals surface area contributed by atoms with Crippen LogP contribution in [0.15, 0.2) is 84.0 Å². The molecule has 0 aliphatic heterocycles. The highest BCUT2D eigenvalue weighted by Gasteiger charge is 2.12. The van der Waals surface area contributed by atoms with Gasteiger partial charge < -0.3 is 15.3 Å². The van der Waals surface area contributed by atoms with Crippen molar-refractivity contribution in [2.24, 2.45) is 5.10 Å². The second-order valence-corrected chi connectivity index (χ2v) is 9.52. The predicted molar refractivity (Wildman–Crippen MR) is 158 cm³/mol. The van der Waals surface area contributed by atoms with Gasteiger partial charge in [-0.1, -0.05) is 66.2 Å². The molecule has 2 amide bonds. The molecule has 0 aliphatic rings. The minimum atomic E-state index is -0.449. The number of halogens is 1. The first kappa shape index (κ1) is 27.7. The number of benzene rings is 4. The molecule has 0 spiro atoms. The molecule has 0 saturated carbocycles. The summed E-state index contributed by atoms with van der Waals surface area (Å²) in [5.74, 6) is -0.584. The van der Waals surface area contributed by atoms with Crippen LogP contribution in [0.4, 0.5) is 5.69 Å². The number of hydrogen-bond acceptors (Lipinski definition) is 5. The summed E-state index contributed by atoms with van der Waals surface area (Å²) in [6.45, 7) is 6.34. The van der Waals surface area contributed by atoms with Crippen molar-refractivity contribution in [2.45, 2.75) is 20.3 Å². The predicted octanol–water partition coefficient (Wildman–Crippen LogP) is 5.46. The summed E-state index contributed by atoms with van der Waals surface area (Å²) in [7, 11) is 0. The molecule has 8 heteroatoms. The molecule has 39 heavy (non-hydrogen) atoms. The quantitative estimate of drug-likeness (QED) is 0.183. The molecular formula is C31H31ClN4O3. The lowest BCUT2D eigenvalue weighted by Crippen LogP contribution is -2.35. The van der Waals surface area contributed by atoms with Crippen LogP contribution in [0.5, 0.6) is 5.75 Å². The number of carbonyl (C=O) groups excluding carboxylic acids is 2. The number of rotatable bonds is 10. The van der Waals surface area contributed by atoms with E-state index in [0.717, 1.165) is 35.0 Å². The number of aromatic hydroxyl groups is 1. The Hall–Kier alpha value is -4.36. The van der Waals surface area contributed by atoms with E-state index in [1.807, 2.05) is 48.5 Å². The summed E-state index contributed by atoms with van der Waals surface area (Å²) in [5.41, 5.74) is 6.87. The number of nitrogens with zero attached hydrogens (tertiary/aromatic N) is 2. The van der Waals surface area contributed by atoms with Gasteiger partial charge in [0.05, 0.1) is 17.7 Å². The lowest BCUT2D eigenvalue weighted by molar-refractivity contribution is -0.120. The maximum absolute atomic E-state index is 12.8. The lowest BCUT2D eigenvalue weighted by Gasteiger charge is -2.25. The number of anilines is 1. The Morgan fingerprint density at radius 1 is 1.00 bits per heavy atom. The third kappa shape index (κ3) is 6.94. The van der Waals surface area contributed by atoms with E-state index in [0.29, 0.717) is 6.54 Å². The van der Waals surface area contributed by atoms with Crippen LogP contribution in [0.1, 0.15) is 34.0 Å². The van der Waals surface area contributed by atoms with Gasteiger partial charge in [-0.25, -0.2) is 5.43 Å². The van der Waals surface area contributed by atoms with E-state index in [2.05, 4.69) is 46.7 Å². The highest BCUT2D eigenvalue weighted by atomic mass is 35.5. The van der Waals surface area contributed by atoms with E-state index in [4.69, 9.17) is 11.6 Å². The number of nitrogens with one attached hydrogen (secondary N) is 2. The van der Waals surface area contributed by atoms with Crippen LogP contribution in [-0.4, -0.2) is 42.8 Å². The van der Waals surface area contributed by atoms with Gasteiger partial charge in [0.2, 0.25) is 5.91 Å². The van der Waals surface area contributed by atoms with Crippen LogP contribution in [0.25, 0.3) is 10.8 Å². The number of carbonyl (C=O) groups is 2. The molecule has 0 aromatic heterocycles. The third-order valence-corrected chi connectivity index (χ3v) is 6.82. The lowest BCUT2D eigenvalue weighted by atomic mass is 9.98. The van der Waals surface area contributed by atoms with Crippen LogP contribution in [0, 0.1) is 6.92 Å². The number of para-hydroxylation sites is 1. The largest absolute Gasteiger partial charge is 0.506 e. The fourth-order valence-electron chi connectivity index (χ4n) is 4.46. The number of likely N-dealkylation sites (N-methyl/N-ethyl adjacent to an activating group) is 1. The van der Waals surface area contributed by atoms with E-state index < -0.39 is 5.91 Å². The van der Waals surface area contributed by atoms with Crippen LogP contribution in [0.3, 0.4) is 0 Å². The van der Waals surface area contributed by atoms with Crippen molar-refractivity contribution >= 4 is 46.1 Å². The molecule has 3 N–H and O–H groups in total. The van der Waals surface area contributed by atoms with Crippen molar-refractivity contribution in [3.63, 3.8) is 0 Å². The van der Waals surface area contributed by atoms with E-state index >= 15 is 0 Å². The van der Waals surface area contributed by atoms with Crippen molar-refractivity contribution in [2.75, 3.05) is 24.5 Å². The molecule has 0 fully saturated rings. The Bertz CT molecular complexity index is 1520. The van der Waals surface area contributed by atoms with Gasteiger partial charge in [-0.05, 0) is 60.0 Å².